The number of nitrogens with one attached hydrogen (secondary N) is 1. The summed E-state index contributed by atoms with van der Waals surface area (Å²) in [4.78, 5) is 0.243. The summed E-state index contributed by atoms with van der Waals surface area (Å²) in [5, 5.41) is 0. The molecule has 1 aromatic rings. The van der Waals surface area contributed by atoms with Crippen molar-refractivity contribution >= 4 is 21.6 Å². The Labute approximate surface area is 107 Å². The van der Waals surface area contributed by atoms with E-state index in [2.05, 4.69) is 10.6 Å². The highest BCUT2D eigenvalue weighted by Gasteiger charge is 2.12. The summed E-state index contributed by atoms with van der Waals surface area (Å²) in [7, 11) is -3.44. The molecular formula is C12H14ClNO2S. The minimum absolute atomic E-state index is 0.243. The number of aryl methyl sites for hydroxylation is 1. The highest BCUT2D eigenvalue weighted by molar-refractivity contribution is 7.89. The lowest BCUT2D eigenvalue weighted by molar-refractivity contribution is 0.582. The van der Waals surface area contributed by atoms with Crippen LogP contribution < -0.4 is 4.72 Å². The van der Waals surface area contributed by atoms with Crippen molar-refractivity contribution in [3.63, 3.8) is 0 Å². The van der Waals surface area contributed by atoms with Crippen molar-refractivity contribution in [3.8, 4) is 12.3 Å². The van der Waals surface area contributed by atoms with Gasteiger partial charge in [-0.3, -0.25) is 0 Å². The van der Waals surface area contributed by atoms with E-state index in [-0.39, 0.29) is 11.4 Å². The van der Waals surface area contributed by atoms with Gasteiger partial charge < -0.3 is 0 Å². The van der Waals surface area contributed by atoms with Crippen LogP contribution in [0.5, 0.6) is 0 Å². The third-order valence-corrected chi connectivity index (χ3v) is 3.84. The number of alkyl halides is 1. The van der Waals surface area contributed by atoms with Crippen molar-refractivity contribution < 1.29 is 8.42 Å². The normalized spacial score (nSPS) is 11.1. The fourth-order valence-corrected chi connectivity index (χ4v) is 2.54. The molecular weight excluding hydrogens is 258 g/mol. The summed E-state index contributed by atoms with van der Waals surface area (Å²) in [6.45, 7) is 0.252. The highest BCUT2D eigenvalue weighted by Crippen LogP contribution is 2.11. The van der Waals surface area contributed by atoms with Crippen molar-refractivity contribution in [1.82, 2.24) is 4.72 Å². The molecule has 0 spiro atoms. The highest BCUT2D eigenvalue weighted by atomic mass is 35.5. The van der Waals surface area contributed by atoms with Gasteiger partial charge in [0, 0.05) is 18.8 Å². The zero-order valence-electron chi connectivity index (χ0n) is 9.32. The van der Waals surface area contributed by atoms with Crippen molar-refractivity contribution in [2.24, 2.45) is 0 Å². The molecule has 5 heteroatoms. The molecule has 0 heterocycles. The van der Waals surface area contributed by atoms with Crippen LogP contribution in [0, 0.1) is 12.3 Å². The maximum Gasteiger partial charge on any atom is 0.240 e. The zero-order chi connectivity index (χ0) is 12.7. The Kier molecular flexibility index (Phi) is 5.49. The Morgan fingerprint density at radius 1 is 1.29 bits per heavy atom. The van der Waals surface area contributed by atoms with E-state index in [1.807, 2.05) is 0 Å². The van der Waals surface area contributed by atoms with Crippen LogP contribution in [0.3, 0.4) is 0 Å². The van der Waals surface area contributed by atoms with Gasteiger partial charge in [0.2, 0.25) is 10.0 Å². The molecule has 1 N–H and O–H groups in total. The van der Waals surface area contributed by atoms with Gasteiger partial charge in [0.05, 0.1) is 4.90 Å². The van der Waals surface area contributed by atoms with E-state index in [4.69, 9.17) is 18.0 Å². The van der Waals surface area contributed by atoms with Crippen LogP contribution in [0.25, 0.3) is 0 Å². The Bertz CT molecular complexity index is 488. The quantitative estimate of drug-likeness (QED) is 0.487. The number of benzene rings is 1. The van der Waals surface area contributed by atoms with Crippen LogP contribution in [-0.4, -0.2) is 20.8 Å². The Balaban J connectivity index is 2.75. The molecule has 0 aromatic heterocycles. The molecule has 0 atom stereocenters. The van der Waals surface area contributed by atoms with Crippen LogP contribution in [-0.2, 0) is 16.4 Å². The molecule has 1 aromatic carbocycles. The van der Waals surface area contributed by atoms with Crippen LogP contribution >= 0.6 is 11.6 Å². The number of rotatable bonds is 6. The van der Waals surface area contributed by atoms with E-state index in [0.717, 1.165) is 12.0 Å². The SMILES string of the molecule is C#CCCNS(=O)(=O)c1ccc(CCCl)cc1. The van der Waals surface area contributed by atoms with Gasteiger partial charge in [-0.2, -0.15) is 0 Å². The van der Waals surface area contributed by atoms with Gasteiger partial charge in [0.25, 0.3) is 0 Å². The second-order valence-corrected chi connectivity index (χ2v) is 5.58. The lowest BCUT2D eigenvalue weighted by atomic mass is 10.2. The van der Waals surface area contributed by atoms with Crippen molar-refractivity contribution in [1.29, 1.82) is 0 Å². The lowest BCUT2D eigenvalue weighted by Gasteiger charge is -2.06. The predicted molar refractivity (Wildman–Crippen MR) is 69.5 cm³/mol. The summed E-state index contributed by atoms with van der Waals surface area (Å²) in [6, 6.07) is 6.66. The molecule has 0 aliphatic rings. The first-order valence-electron chi connectivity index (χ1n) is 5.18. The smallest absolute Gasteiger partial charge is 0.210 e. The Morgan fingerprint density at radius 2 is 1.94 bits per heavy atom. The molecule has 0 bridgehead atoms. The second-order valence-electron chi connectivity index (χ2n) is 3.43. The molecule has 1 rings (SSSR count). The number of hydrogen-bond donors (Lipinski definition) is 1. The monoisotopic (exact) mass is 271 g/mol. The Morgan fingerprint density at radius 3 is 2.47 bits per heavy atom. The molecule has 92 valence electrons. The average molecular weight is 272 g/mol. The van der Waals surface area contributed by atoms with E-state index < -0.39 is 10.0 Å². The first-order valence-corrected chi connectivity index (χ1v) is 7.20. The van der Waals surface area contributed by atoms with Gasteiger partial charge >= 0.3 is 0 Å². The standard InChI is InChI=1S/C12H14ClNO2S/c1-2-3-10-14-17(15,16)12-6-4-11(5-7-12)8-9-13/h1,4-7,14H,3,8-10H2. The van der Waals surface area contributed by atoms with Crippen molar-refractivity contribution in [3.05, 3.63) is 29.8 Å². The van der Waals surface area contributed by atoms with Gasteiger partial charge in [-0.25, -0.2) is 13.1 Å². The number of sulfonamides is 1. The van der Waals surface area contributed by atoms with Crippen LogP contribution in [0.1, 0.15) is 12.0 Å². The largest absolute Gasteiger partial charge is 0.240 e. The molecule has 0 unspecified atom stereocenters. The summed E-state index contributed by atoms with van der Waals surface area (Å²) >= 11 is 5.60. The summed E-state index contributed by atoms with van der Waals surface area (Å²) in [5.74, 6) is 2.90. The maximum absolute atomic E-state index is 11.8. The third-order valence-electron chi connectivity index (χ3n) is 2.18. The third kappa shape index (κ3) is 4.39. The molecule has 0 aliphatic carbocycles. The van der Waals surface area contributed by atoms with E-state index >= 15 is 0 Å². The van der Waals surface area contributed by atoms with Crippen LogP contribution in [0.2, 0.25) is 0 Å². The van der Waals surface area contributed by atoms with Crippen molar-refractivity contribution in [2.45, 2.75) is 17.7 Å². The van der Waals surface area contributed by atoms with Gasteiger partial charge in [0.1, 0.15) is 0 Å². The number of halogens is 1. The van der Waals surface area contributed by atoms with Crippen molar-refractivity contribution in [2.75, 3.05) is 12.4 Å². The predicted octanol–water partition coefficient (Wildman–Crippen LogP) is 1.77. The topological polar surface area (TPSA) is 46.2 Å². The minimum atomic E-state index is -3.44. The zero-order valence-corrected chi connectivity index (χ0v) is 10.9. The molecule has 0 saturated carbocycles. The number of terminal acetylenes is 1. The molecule has 3 nitrogen and oxygen atoms in total. The molecule has 0 radical (unpaired) electrons. The van der Waals surface area contributed by atoms with E-state index in [1.54, 1.807) is 24.3 Å². The van der Waals surface area contributed by atoms with Gasteiger partial charge in [-0.1, -0.05) is 12.1 Å². The second kappa shape index (κ2) is 6.65. The summed E-state index contributed by atoms with van der Waals surface area (Å²) < 4.78 is 26.0. The Hall–Kier alpha value is -1.02. The summed E-state index contributed by atoms with van der Waals surface area (Å²) in [6.07, 6.45) is 6.16. The van der Waals surface area contributed by atoms with E-state index in [0.29, 0.717) is 12.3 Å². The summed E-state index contributed by atoms with van der Waals surface area (Å²) in [5.41, 5.74) is 1.02. The average Bonchev–Trinajstić information content (AvgIpc) is 2.30. The first kappa shape index (κ1) is 14.0. The molecule has 17 heavy (non-hydrogen) atoms. The van der Waals surface area contributed by atoms with Crippen LogP contribution in [0.4, 0.5) is 0 Å². The minimum Gasteiger partial charge on any atom is -0.210 e. The molecule has 0 amide bonds. The maximum atomic E-state index is 11.8. The fraction of sp³-hybridized carbons (Fsp3) is 0.333. The van der Waals surface area contributed by atoms with Gasteiger partial charge in [-0.15, -0.1) is 23.9 Å². The molecule has 0 saturated heterocycles. The molecule has 0 aliphatic heterocycles. The lowest BCUT2D eigenvalue weighted by Crippen LogP contribution is -2.24. The first-order chi connectivity index (χ1) is 8.10. The van der Waals surface area contributed by atoms with Gasteiger partial charge in [0.15, 0.2) is 0 Å². The van der Waals surface area contributed by atoms with Gasteiger partial charge in [-0.05, 0) is 24.1 Å². The van der Waals surface area contributed by atoms with E-state index in [9.17, 15) is 8.42 Å². The van der Waals surface area contributed by atoms with E-state index in [1.165, 1.54) is 0 Å². The fourth-order valence-electron chi connectivity index (χ4n) is 1.29. The molecule has 0 fully saturated rings. The van der Waals surface area contributed by atoms with Crippen LogP contribution in [0.15, 0.2) is 29.2 Å². The number of hydrogen-bond acceptors (Lipinski definition) is 2.